The van der Waals surface area contributed by atoms with Gasteiger partial charge in [0.2, 0.25) is 0 Å². The van der Waals surface area contributed by atoms with E-state index in [1.54, 1.807) is 0 Å². The van der Waals surface area contributed by atoms with E-state index in [2.05, 4.69) is 24.3 Å². The van der Waals surface area contributed by atoms with Crippen molar-refractivity contribution in [2.75, 3.05) is 13.1 Å². The highest BCUT2D eigenvalue weighted by molar-refractivity contribution is 4.71. The molecule has 0 aliphatic heterocycles. The van der Waals surface area contributed by atoms with Crippen molar-refractivity contribution >= 4 is 0 Å². The number of nitrogens with one attached hydrogen (secondary N) is 1. The highest BCUT2D eigenvalue weighted by Crippen LogP contribution is 2.00. The molecule has 0 fully saturated rings. The van der Waals surface area contributed by atoms with Gasteiger partial charge in [-0.2, -0.15) is 4.91 Å². The zero-order valence-corrected chi connectivity index (χ0v) is 6.92. The van der Waals surface area contributed by atoms with Gasteiger partial charge in [0, 0.05) is 6.04 Å². The monoisotopic (exact) mass is 144 g/mol. The molecule has 0 aromatic heterocycles. The standard InChI is InChI=1S/C7H16N2O/c1-4-8-7(5-9-10)6(2)3/h6-8H,4-5H2,1-3H3. The Hall–Kier alpha value is -0.440. The summed E-state index contributed by atoms with van der Waals surface area (Å²) >= 11 is 0. The van der Waals surface area contributed by atoms with Crippen LogP contribution < -0.4 is 5.32 Å². The topological polar surface area (TPSA) is 41.5 Å². The van der Waals surface area contributed by atoms with Crippen LogP contribution >= 0.6 is 0 Å². The number of hydrogen-bond acceptors (Lipinski definition) is 3. The van der Waals surface area contributed by atoms with E-state index in [-0.39, 0.29) is 6.04 Å². The Balaban J connectivity index is 3.60. The zero-order valence-electron chi connectivity index (χ0n) is 6.92. The fraction of sp³-hybridized carbons (Fsp3) is 1.00. The molecule has 10 heavy (non-hydrogen) atoms. The highest BCUT2D eigenvalue weighted by Gasteiger charge is 2.10. The number of rotatable bonds is 5. The molecule has 0 radical (unpaired) electrons. The SMILES string of the molecule is CCNC(CN=O)C(C)C. The number of nitrogens with zero attached hydrogens (tertiary/aromatic N) is 1. The number of hydrogen-bond donors (Lipinski definition) is 1. The molecule has 60 valence electrons. The average Bonchev–Trinajstić information content (AvgIpc) is 1.87. The molecule has 0 spiro atoms. The smallest absolute Gasteiger partial charge is 0.0966 e. The van der Waals surface area contributed by atoms with Crippen LogP contribution in [0, 0.1) is 10.8 Å². The van der Waals surface area contributed by atoms with Crippen molar-refractivity contribution in [3.63, 3.8) is 0 Å². The second kappa shape index (κ2) is 5.35. The van der Waals surface area contributed by atoms with E-state index in [1.807, 2.05) is 6.92 Å². The van der Waals surface area contributed by atoms with Crippen LogP contribution in [0.15, 0.2) is 5.18 Å². The van der Waals surface area contributed by atoms with Crippen LogP contribution in [0.25, 0.3) is 0 Å². The van der Waals surface area contributed by atoms with Crippen LogP contribution in [-0.2, 0) is 0 Å². The quantitative estimate of drug-likeness (QED) is 0.592. The highest BCUT2D eigenvalue weighted by atomic mass is 16.3. The summed E-state index contributed by atoms with van der Waals surface area (Å²) in [6.07, 6.45) is 0. The molecule has 0 aromatic carbocycles. The van der Waals surface area contributed by atoms with Gasteiger partial charge in [-0.1, -0.05) is 25.9 Å². The first-order valence-corrected chi connectivity index (χ1v) is 3.74. The third-order valence-corrected chi connectivity index (χ3v) is 1.54. The summed E-state index contributed by atoms with van der Waals surface area (Å²) in [5.74, 6) is 0.484. The van der Waals surface area contributed by atoms with Crippen molar-refractivity contribution in [1.82, 2.24) is 5.32 Å². The lowest BCUT2D eigenvalue weighted by Crippen LogP contribution is -2.36. The van der Waals surface area contributed by atoms with Crippen LogP contribution in [0.4, 0.5) is 0 Å². The second-order valence-electron chi connectivity index (χ2n) is 2.72. The molecule has 0 rings (SSSR count). The van der Waals surface area contributed by atoms with Crippen molar-refractivity contribution in [3.8, 4) is 0 Å². The molecular formula is C7H16N2O. The maximum absolute atomic E-state index is 9.90. The Morgan fingerprint density at radius 1 is 1.50 bits per heavy atom. The van der Waals surface area contributed by atoms with Gasteiger partial charge >= 0.3 is 0 Å². The normalized spacial score (nSPS) is 13.6. The summed E-state index contributed by atoms with van der Waals surface area (Å²) in [6, 6.07) is 0.252. The summed E-state index contributed by atoms with van der Waals surface area (Å²) in [5, 5.41) is 6.05. The molecule has 1 unspecified atom stereocenters. The minimum atomic E-state index is 0.252. The largest absolute Gasteiger partial charge is 0.312 e. The molecular weight excluding hydrogens is 128 g/mol. The fourth-order valence-electron chi connectivity index (χ4n) is 0.854. The summed E-state index contributed by atoms with van der Waals surface area (Å²) < 4.78 is 0. The van der Waals surface area contributed by atoms with Crippen LogP contribution in [-0.4, -0.2) is 19.1 Å². The molecule has 1 atom stereocenters. The minimum absolute atomic E-state index is 0.252. The van der Waals surface area contributed by atoms with Crippen molar-refractivity contribution in [3.05, 3.63) is 4.91 Å². The number of likely N-dealkylation sites (N-methyl/N-ethyl adjacent to an activating group) is 1. The molecule has 0 saturated carbocycles. The first-order chi connectivity index (χ1) is 4.72. The molecule has 0 saturated heterocycles. The summed E-state index contributed by atoms with van der Waals surface area (Å²) in [5.41, 5.74) is 0. The van der Waals surface area contributed by atoms with Gasteiger partial charge in [-0.05, 0) is 12.5 Å². The second-order valence-corrected chi connectivity index (χ2v) is 2.72. The first kappa shape index (κ1) is 9.56. The molecule has 0 bridgehead atoms. The van der Waals surface area contributed by atoms with Crippen LogP contribution in [0.5, 0.6) is 0 Å². The van der Waals surface area contributed by atoms with E-state index >= 15 is 0 Å². The lowest BCUT2D eigenvalue weighted by molar-refractivity contribution is 0.415. The molecule has 0 amide bonds. The van der Waals surface area contributed by atoms with Gasteiger partial charge in [-0.25, -0.2) is 0 Å². The van der Waals surface area contributed by atoms with Crippen molar-refractivity contribution in [2.45, 2.75) is 26.8 Å². The number of nitroso groups, excluding NO2 is 1. The molecule has 0 aromatic rings. The Kier molecular flexibility index (Phi) is 5.12. The molecule has 3 heteroatoms. The minimum Gasteiger partial charge on any atom is -0.312 e. The van der Waals surface area contributed by atoms with Gasteiger partial charge < -0.3 is 5.32 Å². The predicted molar refractivity (Wildman–Crippen MR) is 43.0 cm³/mol. The van der Waals surface area contributed by atoms with Crippen molar-refractivity contribution in [1.29, 1.82) is 0 Å². The van der Waals surface area contributed by atoms with Crippen molar-refractivity contribution in [2.24, 2.45) is 11.1 Å². The summed E-state index contributed by atoms with van der Waals surface area (Å²) in [4.78, 5) is 9.90. The summed E-state index contributed by atoms with van der Waals surface area (Å²) in [6.45, 7) is 7.47. The lowest BCUT2D eigenvalue weighted by atomic mass is 10.1. The van der Waals surface area contributed by atoms with Gasteiger partial charge in [0.1, 0.15) is 0 Å². The third kappa shape index (κ3) is 3.56. The van der Waals surface area contributed by atoms with Gasteiger partial charge in [0.05, 0.1) is 6.54 Å². The van der Waals surface area contributed by atoms with Gasteiger partial charge in [-0.3, -0.25) is 0 Å². The van der Waals surface area contributed by atoms with E-state index in [9.17, 15) is 4.91 Å². The van der Waals surface area contributed by atoms with E-state index in [0.717, 1.165) is 6.54 Å². The van der Waals surface area contributed by atoms with Crippen molar-refractivity contribution < 1.29 is 0 Å². The molecule has 0 aliphatic rings. The Morgan fingerprint density at radius 3 is 2.40 bits per heavy atom. The van der Waals surface area contributed by atoms with E-state index < -0.39 is 0 Å². The fourth-order valence-corrected chi connectivity index (χ4v) is 0.854. The average molecular weight is 144 g/mol. The molecule has 0 heterocycles. The molecule has 0 aliphatic carbocycles. The molecule has 1 N–H and O–H groups in total. The van der Waals surface area contributed by atoms with Gasteiger partial charge in [0.25, 0.3) is 0 Å². The first-order valence-electron chi connectivity index (χ1n) is 3.74. The Morgan fingerprint density at radius 2 is 2.10 bits per heavy atom. The van der Waals surface area contributed by atoms with Crippen LogP contribution in [0.3, 0.4) is 0 Å². The molecule has 3 nitrogen and oxygen atoms in total. The lowest BCUT2D eigenvalue weighted by Gasteiger charge is -2.17. The summed E-state index contributed by atoms with van der Waals surface area (Å²) in [7, 11) is 0. The van der Waals surface area contributed by atoms with E-state index in [4.69, 9.17) is 0 Å². The maximum Gasteiger partial charge on any atom is 0.0966 e. The Bertz CT molecular complexity index is 93.6. The predicted octanol–water partition coefficient (Wildman–Crippen LogP) is 1.39. The van der Waals surface area contributed by atoms with Crippen LogP contribution in [0.1, 0.15) is 20.8 Å². The van der Waals surface area contributed by atoms with Gasteiger partial charge in [0.15, 0.2) is 0 Å². The van der Waals surface area contributed by atoms with Gasteiger partial charge in [-0.15, -0.1) is 0 Å². The van der Waals surface area contributed by atoms with E-state index in [1.165, 1.54) is 0 Å². The van der Waals surface area contributed by atoms with E-state index in [0.29, 0.717) is 12.5 Å². The maximum atomic E-state index is 9.90. The van der Waals surface area contributed by atoms with Crippen LogP contribution in [0.2, 0.25) is 0 Å². The Labute approximate surface area is 62.2 Å². The third-order valence-electron chi connectivity index (χ3n) is 1.54. The zero-order chi connectivity index (χ0) is 7.98.